The van der Waals surface area contributed by atoms with Crippen LogP contribution in [0.25, 0.3) is 11.4 Å². The standard InChI is InChI=1S/C22H28N6O3/c1-13-9-21(3,4)12-22(10-13)19(30)28(20(31)25-22)11-17(29)24-16-7-5-6-15(8-16)18-23-14(2)26-27-18/h5-8,13H,9-12H2,1-4H3,(H,24,29)(H,25,31)(H,23,26,27). The molecule has 1 aliphatic heterocycles. The van der Waals surface area contributed by atoms with E-state index >= 15 is 0 Å². The third-order valence-electron chi connectivity index (χ3n) is 5.93. The van der Waals surface area contributed by atoms with Gasteiger partial charge in [0.1, 0.15) is 17.9 Å². The highest BCUT2D eigenvalue weighted by molar-refractivity contribution is 6.10. The summed E-state index contributed by atoms with van der Waals surface area (Å²) >= 11 is 0. The molecule has 9 nitrogen and oxygen atoms in total. The van der Waals surface area contributed by atoms with Gasteiger partial charge in [-0.15, -0.1) is 0 Å². The van der Waals surface area contributed by atoms with Crippen molar-refractivity contribution < 1.29 is 14.4 Å². The molecular weight excluding hydrogens is 396 g/mol. The average molecular weight is 425 g/mol. The van der Waals surface area contributed by atoms with Gasteiger partial charge in [0, 0.05) is 11.3 Å². The van der Waals surface area contributed by atoms with E-state index in [1.807, 2.05) is 6.07 Å². The van der Waals surface area contributed by atoms with E-state index in [0.717, 1.165) is 16.9 Å². The normalized spacial score (nSPS) is 25.0. The molecule has 2 aromatic rings. The monoisotopic (exact) mass is 424 g/mol. The van der Waals surface area contributed by atoms with Gasteiger partial charge in [0.2, 0.25) is 5.91 Å². The van der Waals surface area contributed by atoms with Crippen LogP contribution < -0.4 is 10.6 Å². The van der Waals surface area contributed by atoms with E-state index in [0.29, 0.717) is 36.1 Å². The largest absolute Gasteiger partial charge is 0.325 e. The number of nitrogens with one attached hydrogen (secondary N) is 3. The van der Waals surface area contributed by atoms with Crippen LogP contribution in [0.3, 0.4) is 0 Å². The Hall–Kier alpha value is -3.23. The summed E-state index contributed by atoms with van der Waals surface area (Å²) < 4.78 is 0. The third-order valence-corrected chi connectivity index (χ3v) is 5.93. The quantitative estimate of drug-likeness (QED) is 0.652. The molecule has 4 rings (SSSR count). The summed E-state index contributed by atoms with van der Waals surface area (Å²) in [5.41, 5.74) is 0.313. The molecule has 1 aromatic carbocycles. The molecule has 1 saturated heterocycles. The van der Waals surface area contributed by atoms with E-state index in [-0.39, 0.29) is 17.9 Å². The van der Waals surface area contributed by atoms with Gasteiger partial charge in [-0.1, -0.05) is 32.9 Å². The fraction of sp³-hybridized carbons (Fsp3) is 0.500. The minimum absolute atomic E-state index is 0.0576. The maximum atomic E-state index is 13.2. The van der Waals surface area contributed by atoms with Crippen molar-refractivity contribution >= 4 is 23.5 Å². The highest BCUT2D eigenvalue weighted by atomic mass is 16.2. The number of aromatic amines is 1. The molecule has 1 saturated carbocycles. The van der Waals surface area contributed by atoms with Crippen molar-refractivity contribution in [3.05, 3.63) is 30.1 Å². The van der Waals surface area contributed by atoms with Crippen molar-refractivity contribution in [1.82, 2.24) is 25.4 Å². The van der Waals surface area contributed by atoms with Crippen molar-refractivity contribution in [2.24, 2.45) is 11.3 Å². The highest BCUT2D eigenvalue weighted by Gasteiger charge is 2.56. The number of aryl methyl sites for hydroxylation is 1. The molecule has 2 atom stereocenters. The minimum Gasteiger partial charge on any atom is -0.325 e. The Morgan fingerprint density at radius 3 is 2.74 bits per heavy atom. The van der Waals surface area contributed by atoms with Gasteiger partial charge < -0.3 is 10.6 Å². The summed E-state index contributed by atoms with van der Waals surface area (Å²) in [6.07, 6.45) is 2.17. The Labute approximate surface area is 181 Å². The van der Waals surface area contributed by atoms with Gasteiger partial charge >= 0.3 is 6.03 Å². The van der Waals surface area contributed by atoms with Crippen LogP contribution in [0.5, 0.6) is 0 Å². The highest BCUT2D eigenvalue weighted by Crippen LogP contribution is 2.46. The maximum Gasteiger partial charge on any atom is 0.325 e. The molecule has 0 bridgehead atoms. The number of aromatic nitrogens is 3. The Morgan fingerprint density at radius 1 is 1.29 bits per heavy atom. The molecular formula is C22H28N6O3. The topological polar surface area (TPSA) is 120 Å². The van der Waals surface area contributed by atoms with E-state index in [1.54, 1.807) is 25.1 Å². The molecule has 2 unspecified atom stereocenters. The van der Waals surface area contributed by atoms with Crippen molar-refractivity contribution in [1.29, 1.82) is 0 Å². The second kappa shape index (κ2) is 7.47. The van der Waals surface area contributed by atoms with E-state index in [4.69, 9.17) is 0 Å². The summed E-state index contributed by atoms with van der Waals surface area (Å²) in [5.74, 6) is 0.781. The number of nitrogens with zero attached hydrogens (tertiary/aromatic N) is 3. The first-order valence-electron chi connectivity index (χ1n) is 10.5. The van der Waals surface area contributed by atoms with E-state index in [9.17, 15) is 14.4 Å². The molecule has 1 aliphatic carbocycles. The summed E-state index contributed by atoms with van der Waals surface area (Å²) in [5, 5.41) is 12.6. The van der Waals surface area contributed by atoms with Gasteiger partial charge in [-0.3, -0.25) is 19.6 Å². The molecule has 2 aliphatic rings. The number of benzene rings is 1. The lowest BCUT2D eigenvalue weighted by Gasteiger charge is -2.43. The van der Waals surface area contributed by atoms with Crippen LogP contribution in [0.15, 0.2) is 24.3 Å². The van der Waals surface area contributed by atoms with Crippen molar-refractivity contribution in [3.63, 3.8) is 0 Å². The molecule has 2 fully saturated rings. The zero-order valence-electron chi connectivity index (χ0n) is 18.3. The van der Waals surface area contributed by atoms with Crippen molar-refractivity contribution in [2.45, 2.75) is 52.5 Å². The number of anilines is 1. The lowest BCUT2D eigenvalue weighted by Crippen LogP contribution is -2.54. The predicted octanol–water partition coefficient (Wildman–Crippen LogP) is 2.86. The van der Waals surface area contributed by atoms with Gasteiger partial charge in [-0.05, 0) is 49.7 Å². The Morgan fingerprint density at radius 2 is 2.06 bits per heavy atom. The number of imide groups is 1. The molecule has 4 amide bonds. The van der Waals surface area contributed by atoms with Gasteiger partial charge in [0.05, 0.1) is 0 Å². The number of amides is 4. The van der Waals surface area contributed by atoms with Crippen LogP contribution in [-0.4, -0.2) is 50.0 Å². The second-order valence-electron chi connectivity index (χ2n) is 9.63. The number of rotatable bonds is 4. The van der Waals surface area contributed by atoms with Crippen molar-refractivity contribution in [2.75, 3.05) is 11.9 Å². The lowest BCUT2D eigenvalue weighted by atomic mass is 9.64. The molecule has 1 aromatic heterocycles. The second-order valence-corrected chi connectivity index (χ2v) is 9.63. The van der Waals surface area contributed by atoms with Crippen LogP contribution in [0.1, 0.15) is 45.9 Å². The maximum absolute atomic E-state index is 13.2. The number of hydrogen-bond donors (Lipinski definition) is 3. The molecule has 3 N–H and O–H groups in total. The summed E-state index contributed by atoms with van der Waals surface area (Å²) in [7, 11) is 0. The Bertz CT molecular complexity index is 1050. The number of carbonyl (C=O) groups is 3. The van der Waals surface area contributed by atoms with Crippen molar-refractivity contribution in [3.8, 4) is 11.4 Å². The first-order valence-corrected chi connectivity index (χ1v) is 10.5. The summed E-state index contributed by atoms with van der Waals surface area (Å²) in [4.78, 5) is 43.8. The number of carbonyl (C=O) groups excluding carboxylic acids is 3. The molecule has 2 heterocycles. The minimum atomic E-state index is -0.915. The van der Waals surface area contributed by atoms with E-state index < -0.39 is 17.5 Å². The van der Waals surface area contributed by atoms with Gasteiger partial charge in [0.15, 0.2) is 5.82 Å². The molecule has 9 heteroatoms. The van der Waals surface area contributed by atoms with Gasteiger partial charge in [-0.2, -0.15) is 5.10 Å². The lowest BCUT2D eigenvalue weighted by molar-refractivity contribution is -0.136. The SMILES string of the molecule is Cc1nc(-c2cccc(NC(=O)CN3C(=O)NC4(CC(C)CC(C)(C)C4)C3=O)c2)n[nH]1. The fourth-order valence-corrected chi connectivity index (χ4v) is 5.20. The fourth-order valence-electron chi connectivity index (χ4n) is 5.20. The predicted molar refractivity (Wildman–Crippen MR) is 115 cm³/mol. The number of hydrogen-bond acceptors (Lipinski definition) is 5. The molecule has 0 radical (unpaired) electrons. The van der Waals surface area contributed by atoms with Crippen LogP contribution in [0.4, 0.5) is 10.5 Å². The average Bonchev–Trinajstić information content (AvgIpc) is 3.18. The first kappa shape index (κ1) is 21.0. The third kappa shape index (κ3) is 4.17. The number of urea groups is 1. The number of H-pyrrole nitrogens is 1. The van der Waals surface area contributed by atoms with Crippen LogP contribution in [0, 0.1) is 18.3 Å². The molecule has 31 heavy (non-hydrogen) atoms. The Balaban J connectivity index is 1.46. The van der Waals surface area contributed by atoms with Crippen LogP contribution in [-0.2, 0) is 9.59 Å². The zero-order valence-corrected chi connectivity index (χ0v) is 18.3. The van der Waals surface area contributed by atoms with E-state index in [1.165, 1.54) is 0 Å². The van der Waals surface area contributed by atoms with Gasteiger partial charge in [-0.25, -0.2) is 9.78 Å². The zero-order chi connectivity index (χ0) is 22.4. The smallest absolute Gasteiger partial charge is 0.325 e. The van der Waals surface area contributed by atoms with Gasteiger partial charge in [0.25, 0.3) is 5.91 Å². The Kier molecular flexibility index (Phi) is 5.07. The summed E-state index contributed by atoms with van der Waals surface area (Å²) in [6, 6.07) is 6.60. The van der Waals surface area contributed by atoms with Crippen LogP contribution >= 0.6 is 0 Å². The van der Waals surface area contributed by atoms with E-state index in [2.05, 4.69) is 46.6 Å². The first-order chi connectivity index (χ1) is 14.6. The summed E-state index contributed by atoms with van der Waals surface area (Å²) in [6.45, 7) is 7.80. The molecule has 164 valence electrons. The van der Waals surface area contributed by atoms with Crippen LogP contribution in [0.2, 0.25) is 0 Å². The molecule has 1 spiro atoms.